The standard InChI is InChI=1S/C10H20N2O4/c1-7(15-8(13)11-5)6-12-9(14)16-10(2,3)4/h7H,6H2,1-5H3,(H,11,13)(H,12,14). The first-order valence-electron chi connectivity index (χ1n) is 5.10. The average Bonchev–Trinajstić information content (AvgIpc) is 2.12. The molecular weight excluding hydrogens is 212 g/mol. The first kappa shape index (κ1) is 14.5. The van der Waals surface area contributed by atoms with Crippen molar-refractivity contribution in [3.05, 3.63) is 0 Å². The van der Waals surface area contributed by atoms with Crippen LogP contribution in [0.2, 0.25) is 0 Å². The number of hydrogen-bond acceptors (Lipinski definition) is 4. The summed E-state index contributed by atoms with van der Waals surface area (Å²) >= 11 is 0. The highest BCUT2D eigenvalue weighted by Crippen LogP contribution is 2.06. The van der Waals surface area contributed by atoms with Gasteiger partial charge in [0, 0.05) is 7.05 Å². The van der Waals surface area contributed by atoms with E-state index in [-0.39, 0.29) is 6.54 Å². The second-order valence-electron chi connectivity index (χ2n) is 4.35. The third-order valence-electron chi connectivity index (χ3n) is 1.45. The van der Waals surface area contributed by atoms with Crippen LogP contribution >= 0.6 is 0 Å². The van der Waals surface area contributed by atoms with Crippen molar-refractivity contribution in [2.75, 3.05) is 13.6 Å². The highest BCUT2D eigenvalue weighted by Gasteiger charge is 2.17. The maximum Gasteiger partial charge on any atom is 0.407 e. The minimum Gasteiger partial charge on any atom is -0.445 e. The van der Waals surface area contributed by atoms with Crippen LogP contribution in [-0.2, 0) is 9.47 Å². The van der Waals surface area contributed by atoms with Gasteiger partial charge in [0.2, 0.25) is 0 Å². The molecule has 0 aliphatic carbocycles. The molecule has 6 heteroatoms. The molecule has 0 aromatic heterocycles. The van der Waals surface area contributed by atoms with E-state index in [0.29, 0.717) is 0 Å². The molecule has 1 unspecified atom stereocenters. The van der Waals surface area contributed by atoms with Gasteiger partial charge >= 0.3 is 12.2 Å². The van der Waals surface area contributed by atoms with Crippen LogP contribution in [0.3, 0.4) is 0 Å². The number of nitrogens with one attached hydrogen (secondary N) is 2. The van der Waals surface area contributed by atoms with Crippen molar-refractivity contribution in [3.63, 3.8) is 0 Å². The third kappa shape index (κ3) is 7.90. The van der Waals surface area contributed by atoms with Gasteiger partial charge in [-0.05, 0) is 27.7 Å². The quantitative estimate of drug-likeness (QED) is 0.768. The van der Waals surface area contributed by atoms with E-state index in [1.807, 2.05) is 0 Å². The van der Waals surface area contributed by atoms with Gasteiger partial charge in [-0.1, -0.05) is 0 Å². The van der Waals surface area contributed by atoms with Crippen LogP contribution in [-0.4, -0.2) is 37.5 Å². The maximum atomic E-state index is 11.2. The predicted octanol–water partition coefficient (Wildman–Crippen LogP) is 1.26. The first-order valence-corrected chi connectivity index (χ1v) is 5.10. The number of carbonyl (C=O) groups excluding carboxylic acids is 2. The van der Waals surface area contributed by atoms with E-state index in [9.17, 15) is 9.59 Å². The summed E-state index contributed by atoms with van der Waals surface area (Å²) in [6, 6.07) is 0. The average molecular weight is 232 g/mol. The van der Waals surface area contributed by atoms with E-state index >= 15 is 0 Å². The molecule has 0 heterocycles. The summed E-state index contributed by atoms with van der Waals surface area (Å²) in [5.41, 5.74) is -0.533. The minimum absolute atomic E-state index is 0.211. The van der Waals surface area contributed by atoms with Gasteiger partial charge in [-0.2, -0.15) is 0 Å². The molecule has 94 valence electrons. The molecule has 16 heavy (non-hydrogen) atoms. The molecule has 0 saturated heterocycles. The summed E-state index contributed by atoms with van der Waals surface area (Å²) < 4.78 is 9.87. The molecule has 1 atom stereocenters. The number of hydrogen-bond donors (Lipinski definition) is 2. The molecule has 0 aromatic rings. The van der Waals surface area contributed by atoms with E-state index in [1.54, 1.807) is 27.7 Å². The summed E-state index contributed by atoms with van der Waals surface area (Å²) in [4.78, 5) is 22.0. The van der Waals surface area contributed by atoms with Crippen LogP contribution in [0.15, 0.2) is 0 Å². The van der Waals surface area contributed by atoms with Crippen molar-refractivity contribution in [2.45, 2.75) is 39.4 Å². The molecule has 0 aliphatic rings. The highest BCUT2D eigenvalue weighted by atomic mass is 16.6. The Labute approximate surface area is 95.7 Å². The molecule has 0 rings (SSSR count). The lowest BCUT2D eigenvalue weighted by Gasteiger charge is -2.20. The molecule has 0 radical (unpaired) electrons. The van der Waals surface area contributed by atoms with E-state index < -0.39 is 23.9 Å². The summed E-state index contributed by atoms with van der Waals surface area (Å²) in [6.07, 6.45) is -1.47. The SMILES string of the molecule is CNC(=O)OC(C)CNC(=O)OC(C)(C)C. The molecule has 2 N–H and O–H groups in total. The van der Waals surface area contributed by atoms with Crippen LogP contribution in [0.5, 0.6) is 0 Å². The Morgan fingerprint density at radius 2 is 1.81 bits per heavy atom. The van der Waals surface area contributed by atoms with Gasteiger partial charge in [0.05, 0.1) is 6.54 Å². The zero-order valence-corrected chi connectivity index (χ0v) is 10.4. The fourth-order valence-electron chi connectivity index (χ4n) is 0.825. The molecule has 0 bridgehead atoms. The van der Waals surface area contributed by atoms with Gasteiger partial charge in [0.25, 0.3) is 0 Å². The van der Waals surface area contributed by atoms with Gasteiger partial charge in [0.1, 0.15) is 11.7 Å². The smallest absolute Gasteiger partial charge is 0.407 e. The number of alkyl carbamates (subject to hydrolysis) is 2. The number of rotatable bonds is 3. The Morgan fingerprint density at radius 3 is 2.25 bits per heavy atom. The molecule has 0 saturated carbocycles. The second kappa shape index (κ2) is 6.19. The lowest BCUT2D eigenvalue weighted by Crippen LogP contribution is -2.38. The van der Waals surface area contributed by atoms with Gasteiger partial charge in [-0.3, -0.25) is 0 Å². The van der Waals surface area contributed by atoms with Crippen molar-refractivity contribution >= 4 is 12.2 Å². The van der Waals surface area contributed by atoms with Crippen molar-refractivity contribution in [3.8, 4) is 0 Å². The Bertz CT molecular complexity index is 248. The van der Waals surface area contributed by atoms with Gasteiger partial charge in [0.15, 0.2) is 0 Å². The summed E-state index contributed by atoms with van der Waals surface area (Å²) in [6.45, 7) is 7.21. The normalized spacial score (nSPS) is 12.6. The largest absolute Gasteiger partial charge is 0.445 e. The summed E-state index contributed by atoms with van der Waals surface area (Å²) in [7, 11) is 1.47. The van der Waals surface area contributed by atoms with E-state index in [1.165, 1.54) is 7.05 Å². The van der Waals surface area contributed by atoms with Crippen LogP contribution < -0.4 is 10.6 Å². The van der Waals surface area contributed by atoms with Gasteiger partial charge < -0.3 is 20.1 Å². The van der Waals surface area contributed by atoms with Crippen LogP contribution in [0.25, 0.3) is 0 Å². The zero-order valence-electron chi connectivity index (χ0n) is 10.4. The van der Waals surface area contributed by atoms with Gasteiger partial charge in [-0.15, -0.1) is 0 Å². The molecular formula is C10H20N2O4. The molecule has 2 amide bonds. The predicted molar refractivity (Wildman–Crippen MR) is 59.2 cm³/mol. The lowest BCUT2D eigenvalue weighted by molar-refractivity contribution is 0.0480. The Kier molecular flexibility index (Phi) is 5.63. The van der Waals surface area contributed by atoms with Crippen molar-refractivity contribution in [1.29, 1.82) is 0 Å². The topological polar surface area (TPSA) is 76.7 Å². The molecule has 0 aromatic carbocycles. The monoisotopic (exact) mass is 232 g/mol. The lowest BCUT2D eigenvalue weighted by atomic mass is 10.2. The van der Waals surface area contributed by atoms with E-state index in [0.717, 1.165) is 0 Å². The highest BCUT2D eigenvalue weighted by molar-refractivity contribution is 5.68. The molecule has 6 nitrogen and oxygen atoms in total. The fourth-order valence-corrected chi connectivity index (χ4v) is 0.825. The zero-order chi connectivity index (χ0) is 12.8. The van der Waals surface area contributed by atoms with E-state index in [2.05, 4.69) is 10.6 Å². The fraction of sp³-hybridized carbons (Fsp3) is 0.800. The molecule has 0 spiro atoms. The Morgan fingerprint density at radius 1 is 1.25 bits per heavy atom. The third-order valence-corrected chi connectivity index (χ3v) is 1.45. The summed E-state index contributed by atoms with van der Waals surface area (Å²) in [5.74, 6) is 0. The van der Waals surface area contributed by atoms with Gasteiger partial charge in [-0.25, -0.2) is 9.59 Å². The van der Waals surface area contributed by atoms with Crippen molar-refractivity contribution in [1.82, 2.24) is 10.6 Å². The molecule has 0 aliphatic heterocycles. The number of amides is 2. The van der Waals surface area contributed by atoms with Crippen molar-refractivity contribution < 1.29 is 19.1 Å². The molecule has 0 fully saturated rings. The minimum atomic E-state index is -0.533. The first-order chi connectivity index (χ1) is 7.24. The number of ether oxygens (including phenoxy) is 2. The van der Waals surface area contributed by atoms with Crippen LogP contribution in [0.1, 0.15) is 27.7 Å². The second-order valence-corrected chi connectivity index (χ2v) is 4.35. The van der Waals surface area contributed by atoms with E-state index in [4.69, 9.17) is 9.47 Å². The Balaban J connectivity index is 3.79. The maximum absolute atomic E-state index is 11.2. The Hall–Kier alpha value is -1.46. The van der Waals surface area contributed by atoms with Crippen molar-refractivity contribution in [2.24, 2.45) is 0 Å². The number of carbonyl (C=O) groups is 2. The van der Waals surface area contributed by atoms with Crippen LogP contribution in [0.4, 0.5) is 9.59 Å². The summed E-state index contributed by atoms with van der Waals surface area (Å²) in [5, 5.41) is 4.82. The van der Waals surface area contributed by atoms with Crippen LogP contribution in [0, 0.1) is 0 Å².